The van der Waals surface area contributed by atoms with Gasteiger partial charge in [0.1, 0.15) is 12.3 Å². The number of nitrogens with one attached hydrogen (secondary N) is 2. The highest BCUT2D eigenvalue weighted by atomic mass is 16.5. The maximum atomic E-state index is 12.3. The summed E-state index contributed by atoms with van der Waals surface area (Å²) in [6, 6.07) is 9.92. The van der Waals surface area contributed by atoms with Crippen molar-refractivity contribution in [3.63, 3.8) is 0 Å². The summed E-state index contributed by atoms with van der Waals surface area (Å²) >= 11 is 0. The predicted molar refractivity (Wildman–Crippen MR) is 268 cm³/mol. The summed E-state index contributed by atoms with van der Waals surface area (Å²) < 4.78 is 23.3. The molecule has 3 unspecified atom stereocenters. The van der Waals surface area contributed by atoms with Crippen molar-refractivity contribution in [2.45, 2.75) is 66.5 Å². The number of hydrogen-bond donors (Lipinski definition) is 9. The molecule has 1 heterocycles. The predicted octanol–water partition coefficient (Wildman–Crippen LogP) is 2.76. The molecule has 3 atom stereocenters. The second-order valence-electron chi connectivity index (χ2n) is 13.5. The van der Waals surface area contributed by atoms with Gasteiger partial charge in [-0.2, -0.15) is 0 Å². The Hall–Kier alpha value is -6.23. The van der Waals surface area contributed by atoms with Crippen molar-refractivity contribution >= 4 is 41.5 Å². The minimum Gasteiger partial charge on any atom is -0.504 e. The van der Waals surface area contributed by atoms with Crippen molar-refractivity contribution in [2.24, 2.45) is 46.4 Å². The Labute approximate surface area is 403 Å². The zero-order valence-electron chi connectivity index (χ0n) is 42.2. The van der Waals surface area contributed by atoms with Crippen LogP contribution in [-0.2, 0) is 41.9 Å². The van der Waals surface area contributed by atoms with Crippen molar-refractivity contribution < 1.29 is 53.1 Å². The van der Waals surface area contributed by atoms with E-state index < -0.39 is 5.97 Å². The summed E-state index contributed by atoms with van der Waals surface area (Å²) in [5.74, 6) is -0.263. The molecular formula is C47H82N10O11. The molecule has 14 N–H and O–H groups in total. The molecule has 0 aliphatic heterocycles. The molecule has 2 aromatic carbocycles. The topological polar surface area (TPSA) is 348 Å². The van der Waals surface area contributed by atoms with Gasteiger partial charge in [0.2, 0.25) is 11.8 Å². The number of phenolic OH excluding ortho intramolecular Hbond substituents is 1. The number of nitrogens with zero attached hydrogens (tertiary/aromatic N) is 3. The molecule has 21 nitrogen and oxygen atoms in total. The maximum absolute atomic E-state index is 12.3. The number of methoxy groups -OCH3 is 2. The Bertz CT molecular complexity index is 1850. The molecule has 0 fully saturated rings. The number of nitrogens with two attached hydrogens (primary N) is 5. The van der Waals surface area contributed by atoms with Gasteiger partial charge >= 0.3 is 5.97 Å². The number of carboxylic acid groups (broad SMARTS) is 1. The van der Waals surface area contributed by atoms with E-state index in [1.165, 1.54) is 60.6 Å². The number of allylic oxidation sites excluding steroid dienone is 2. The molecule has 1 aromatic heterocycles. The SMILES string of the molecule is CCC(C)C(=O)O.CN.CN.CN.CN.CNC(=O)C(C)CCC(C)C(=O)NC.COc1cc(/C=C/C(=O)CC(=O)/C=C/c2ccc(OCc3cn(CCOCCN)nn3)c(OC)c2)ccc1O. The molecule has 3 aromatic rings. The fourth-order valence-corrected chi connectivity index (χ4v) is 4.81. The lowest BCUT2D eigenvalue weighted by atomic mass is 9.97. The minimum atomic E-state index is -0.706. The van der Waals surface area contributed by atoms with Crippen LogP contribution in [0.1, 0.15) is 70.2 Å². The fraction of sp³-hybridized carbons (Fsp3) is 0.511. The molecular weight excluding hydrogens is 881 g/mol. The van der Waals surface area contributed by atoms with Crippen molar-refractivity contribution in [3.05, 3.63) is 71.6 Å². The molecule has 21 heteroatoms. The Morgan fingerprint density at radius 1 is 0.735 bits per heavy atom. The third kappa shape index (κ3) is 31.6. The fourth-order valence-electron chi connectivity index (χ4n) is 4.81. The molecule has 0 radical (unpaired) electrons. The van der Waals surface area contributed by atoms with Gasteiger partial charge < -0.3 is 68.5 Å². The number of amides is 2. The van der Waals surface area contributed by atoms with E-state index in [9.17, 15) is 29.1 Å². The third-order valence-electron chi connectivity index (χ3n) is 8.81. The number of phenols is 1. The van der Waals surface area contributed by atoms with E-state index in [0.29, 0.717) is 60.4 Å². The Balaban J connectivity index is -0.000000580. The Kier molecular flexibility index (Phi) is 44.8. The number of rotatable bonds is 23. The van der Waals surface area contributed by atoms with Crippen molar-refractivity contribution in [3.8, 4) is 23.0 Å². The highest BCUT2D eigenvalue weighted by Gasteiger charge is 2.16. The maximum Gasteiger partial charge on any atom is 0.306 e. The van der Waals surface area contributed by atoms with Crippen LogP contribution in [0.15, 0.2) is 54.7 Å². The zero-order chi connectivity index (χ0) is 53.0. The van der Waals surface area contributed by atoms with E-state index in [1.807, 2.05) is 20.8 Å². The van der Waals surface area contributed by atoms with Gasteiger partial charge in [-0.15, -0.1) is 5.10 Å². The van der Waals surface area contributed by atoms with Crippen LogP contribution in [0.5, 0.6) is 23.0 Å². The molecule has 2 amide bonds. The zero-order valence-corrected chi connectivity index (χ0v) is 42.2. The van der Waals surface area contributed by atoms with Crippen molar-refractivity contribution in [2.75, 3.05) is 76.3 Å². The van der Waals surface area contributed by atoms with Crippen LogP contribution in [0.3, 0.4) is 0 Å². The smallest absolute Gasteiger partial charge is 0.306 e. The first kappa shape index (κ1) is 68.4. The van der Waals surface area contributed by atoms with E-state index in [1.54, 1.807) is 74.4 Å². The number of aliphatic carboxylic acids is 1. The van der Waals surface area contributed by atoms with Crippen LogP contribution in [0.25, 0.3) is 12.2 Å². The molecule has 0 saturated carbocycles. The van der Waals surface area contributed by atoms with E-state index in [-0.39, 0.29) is 59.9 Å². The highest BCUT2D eigenvalue weighted by Crippen LogP contribution is 2.29. The summed E-state index contributed by atoms with van der Waals surface area (Å²) in [6.07, 6.45) is 9.54. The van der Waals surface area contributed by atoms with Gasteiger partial charge in [-0.3, -0.25) is 24.0 Å². The van der Waals surface area contributed by atoms with Gasteiger partial charge in [-0.05, 0) is 95.0 Å². The van der Waals surface area contributed by atoms with Gasteiger partial charge in [-0.1, -0.05) is 57.2 Å². The summed E-state index contributed by atoms with van der Waals surface area (Å²) in [7, 11) is 12.2. The molecule has 68 heavy (non-hydrogen) atoms. The number of carboxylic acids is 1. The average Bonchev–Trinajstić information content (AvgIpc) is 3.84. The molecule has 0 saturated heterocycles. The molecule has 0 aliphatic rings. The van der Waals surface area contributed by atoms with Crippen LogP contribution in [-0.4, -0.2) is 131 Å². The first-order valence-electron chi connectivity index (χ1n) is 21.9. The van der Waals surface area contributed by atoms with E-state index >= 15 is 0 Å². The summed E-state index contributed by atoms with van der Waals surface area (Å²) in [4.78, 5) is 56.7. The lowest BCUT2D eigenvalue weighted by molar-refractivity contribution is -0.141. The molecule has 3 rings (SSSR count). The van der Waals surface area contributed by atoms with Crippen LogP contribution >= 0.6 is 0 Å². The average molecular weight is 963 g/mol. The van der Waals surface area contributed by atoms with Gasteiger partial charge in [0, 0.05) is 32.5 Å². The lowest BCUT2D eigenvalue weighted by Gasteiger charge is -2.13. The number of ether oxygens (including phenoxy) is 4. The molecule has 386 valence electrons. The third-order valence-corrected chi connectivity index (χ3v) is 8.81. The first-order chi connectivity index (χ1) is 32.6. The number of carbonyl (C=O) groups excluding carboxylic acids is 4. The van der Waals surface area contributed by atoms with Gasteiger partial charge in [0.05, 0.1) is 52.5 Å². The summed E-state index contributed by atoms with van der Waals surface area (Å²) in [6.45, 7) is 9.52. The monoisotopic (exact) mass is 963 g/mol. The quantitative estimate of drug-likeness (QED) is 0.0375. The van der Waals surface area contributed by atoms with Crippen LogP contribution in [0.2, 0.25) is 0 Å². The Morgan fingerprint density at radius 3 is 1.65 bits per heavy atom. The number of benzene rings is 2. The van der Waals surface area contributed by atoms with Gasteiger partial charge in [-0.25, -0.2) is 4.68 Å². The van der Waals surface area contributed by atoms with E-state index in [0.717, 1.165) is 19.3 Å². The number of aromatic nitrogens is 3. The molecule has 0 bridgehead atoms. The number of carbonyl (C=O) groups is 5. The van der Waals surface area contributed by atoms with E-state index in [4.69, 9.17) is 29.8 Å². The summed E-state index contributed by atoms with van der Waals surface area (Å²) in [5.41, 5.74) is 25.4. The second-order valence-corrected chi connectivity index (χ2v) is 13.5. The van der Waals surface area contributed by atoms with E-state index in [2.05, 4.69) is 43.9 Å². The van der Waals surface area contributed by atoms with Gasteiger partial charge in [0.15, 0.2) is 34.6 Å². The lowest BCUT2D eigenvalue weighted by Crippen LogP contribution is -2.28. The Morgan fingerprint density at radius 2 is 1.22 bits per heavy atom. The van der Waals surface area contributed by atoms with Crippen LogP contribution in [0.4, 0.5) is 0 Å². The first-order valence-corrected chi connectivity index (χ1v) is 21.9. The standard InChI is InChI=1S/C28H32N4O7.C10H20N2O2.C5H10O2.4CH5N/c1-36-27-15-20(5-9-25(27)35)3-7-23(33)17-24(34)8-4-21-6-10-26(28(16-21)37-2)39-19-22-18-32(31-30-22)12-14-38-13-11-29;1-7(9(13)11-3)5-6-8(2)10(14)12-4;1-3-4(2)5(6)7;4*1-2/h3-10,15-16,18,35H,11-14,17,19,29H2,1-2H3;7-8H,5-6H2,1-4H3,(H,11,13)(H,12,14);4H,3H2,1-2H3,(H,6,7);4*2H2,1H3/b7-3+,8-4+;;;;;;. The van der Waals surface area contributed by atoms with Crippen molar-refractivity contribution in [1.29, 1.82) is 0 Å². The largest absolute Gasteiger partial charge is 0.504 e. The normalized spacial score (nSPS) is 11.1. The second kappa shape index (κ2) is 44.6. The number of aromatic hydroxyl groups is 1. The minimum absolute atomic E-state index is 0.00254. The van der Waals surface area contributed by atoms with Crippen LogP contribution in [0, 0.1) is 17.8 Å². The molecule has 0 aliphatic carbocycles. The van der Waals surface area contributed by atoms with Gasteiger partial charge in [0.25, 0.3) is 0 Å². The van der Waals surface area contributed by atoms with Crippen LogP contribution < -0.4 is 53.5 Å². The number of ketones is 2. The molecule has 0 spiro atoms. The summed E-state index contributed by atoms with van der Waals surface area (Å²) in [5, 5.41) is 31.1. The highest BCUT2D eigenvalue weighted by molar-refractivity contribution is 6.10. The number of hydrogen-bond acceptors (Lipinski definition) is 17. The van der Waals surface area contributed by atoms with Crippen molar-refractivity contribution in [1.82, 2.24) is 25.6 Å².